The Morgan fingerprint density at radius 3 is 2.56 bits per heavy atom. The molecule has 1 amide bonds. The summed E-state index contributed by atoms with van der Waals surface area (Å²) >= 11 is 0. The molecule has 2 fully saturated rings. The van der Waals surface area contributed by atoms with Crippen molar-refractivity contribution in [2.45, 2.75) is 51.2 Å². The van der Waals surface area contributed by atoms with Crippen LogP contribution in [0.3, 0.4) is 0 Å². The number of aliphatic imine (C=N–C) groups is 1. The van der Waals surface area contributed by atoms with Crippen molar-refractivity contribution in [3.05, 3.63) is 35.9 Å². The van der Waals surface area contributed by atoms with Crippen molar-refractivity contribution in [1.82, 2.24) is 20.9 Å². The van der Waals surface area contributed by atoms with E-state index < -0.39 is 0 Å². The van der Waals surface area contributed by atoms with Gasteiger partial charge in [-0.3, -0.25) is 14.7 Å². The number of likely N-dealkylation sites (tertiary alicyclic amines) is 1. The molecule has 0 aromatic heterocycles. The molecule has 6 heteroatoms. The zero-order valence-corrected chi connectivity index (χ0v) is 16.6. The summed E-state index contributed by atoms with van der Waals surface area (Å²) in [5.41, 5.74) is 1.38. The Balaban J connectivity index is 1.36. The van der Waals surface area contributed by atoms with Crippen molar-refractivity contribution >= 4 is 11.9 Å². The summed E-state index contributed by atoms with van der Waals surface area (Å²) in [6.45, 7) is 5.74. The van der Waals surface area contributed by atoms with Crippen LogP contribution in [0.15, 0.2) is 35.3 Å². The largest absolute Gasteiger partial charge is 0.355 e. The van der Waals surface area contributed by atoms with Crippen LogP contribution < -0.4 is 16.0 Å². The number of hydrogen-bond donors (Lipinski definition) is 3. The molecular weight excluding hydrogens is 338 g/mol. The van der Waals surface area contributed by atoms with E-state index in [1.165, 1.54) is 5.56 Å². The minimum Gasteiger partial charge on any atom is -0.355 e. The Bertz CT molecular complexity index is 629. The lowest BCUT2D eigenvalue weighted by Gasteiger charge is -2.38. The number of nitrogens with zero attached hydrogens (tertiary/aromatic N) is 2. The summed E-state index contributed by atoms with van der Waals surface area (Å²) < 4.78 is 0. The summed E-state index contributed by atoms with van der Waals surface area (Å²) in [4.78, 5) is 18.5. The first kappa shape index (κ1) is 19.7. The Hall–Kier alpha value is -2.08. The predicted octanol–water partition coefficient (Wildman–Crippen LogP) is 1.73. The molecular formula is C21H33N5O. The summed E-state index contributed by atoms with van der Waals surface area (Å²) in [6.07, 6.45) is 4.30. The van der Waals surface area contributed by atoms with Crippen LogP contribution in [0.5, 0.6) is 0 Å². The van der Waals surface area contributed by atoms with Crippen molar-refractivity contribution in [1.29, 1.82) is 0 Å². The maximum atomic E-state index is 11.6. The second-order valence-electron chi connectivity index (χ2n) is 7.74. The van der Waals surface area contributed by atoms with E-state index in [2.05, 4.69) is 63.1 Å². The molecule has 0 radical (unpaired) electrons. The molecule has 6 nitrogen and oxygen atoms in total. The fourth-order valence-corrected chi connectivity index (χ4v) is 3.65. The topological polar surface area (TPSA) is 68.8 Å². The second kappa shape index (κ2) is 9.74. The van der Waals surface area contributed by atoms with E-state index >= 15 is 0 Å². The molecule has 0 spiro atoms. The molecule has 2 atom stereocenters. The van der Waals surface area contributed by atoms with Crippen LogP contribution >= 0.6 is 0 Å². The highest BCUT2D eigenvalue weighted by atomic mass is 16.2. The van der Waals surface area contributed by atoms with Gasteiger partial charge in [0.25, 0.3) is 0 Å². The average Bonchev–Trinajstić information content (AvgIpc) is 3.52. The van der Waals surface area contributed by atoms with E-state index in [1.54, 1.807) is 7.05 Å². The molecule has 1 heterocycles. The summed E-state index contributed by atoms with van der Waals surface area (Å²) in [7, 11) is 1.80. The van der Waals surface area contributed by atoms with Crippen molar-refractivity contribution in [2.75, 3.05) is 26.7 Å². The number of benzene rings is 1. The number of carbonyl (C=O) groups is 1. The van der Waals surface area contributed by atoms with Crippen LogP contribution in [0.4, 0.5) is 0 Å². The zero-order chi connectivity index (χ0) is 19.1. The van der Waals surface area contributed by atoms with Crippen molar-refractivity contribution in [3.8, 4) is 0 Å². The Morgan fingerprint density at radius 1 is 1.15 bits per heavy atom. The van der Waals surface area contributed by atoms with Crippen LogP contribution in [0, 0.1) is 5.92 Å². The van der Waals surface area contributed by atoms with Crippen LogP contribution in [0.1, 0.15) is 38.2 Å². The number of hydrogen-bond acceptors (Lipinski definition) is 3. The van der Waals surface area contributed by atoms with Crippen molar-refractivity contribution in [3.63, 3.8) is 0 Å². The highest BCUT2D eigenvalue weighted by Crippen LogP contribution is 2.28. The molecule has 3 rings (SSSR count). The fourth-order valence-electron chi connectivity index (χ4n) is 3.65. The van der Waals surface area contributed by atoms with Gasteiger partial charge in [-0.15, -0.1) is 0 Å². The van der Waals surface area contributed by atoms with E-state index in [0.717, 1.165) is 44.7 Å². The molecule has 1 aliphatic heterocycles. The summed E-state index contributed by atoms with van der Waals surface area (Å²) in [5, 5.41) is 9.82. The molecule has 1 saturated heterocycles. The lowest BCUT2D eigenvalue weighted by molar-refractivity contribution is -0.122. The fraction of sp³-hybridized carbons (Fsp3) is 0.619. The summed E-state index contributed by atoms with van der Waals surface area (Å²) in [6, 6.07) is 11.6. The predicted molar refractivity (Wildman–Crippen MR) is 110 cm³/mol. The molecule has 2 aliphatic rings. The first-order valence-corrected chi connectivity index (χ1v) is 10.2. The molecule has 1 aromatic rings. The minimum absolute atomic E-state index is 0.194. The van der Waals surface area contributed by atoms with Gasteiger partial charge in [0.15, 0.2) is 5.96 Å². The lowest BCUT2D eigenvalue weighted by atomic mass is 9.97. The van der Waals surface area contributed by atoms with Crippen LogP contribution in [-0.2, 0) is 11.3 Å². The monoisotopic (exact) mass is 371 g/mol. The average molecular weight is 372 g/mol. The molecule has 1 saturated carbocycles. The van der Waals surface area contributed by atoms with E-state index in [4.69, 9.17) is 0 Å². The molecule has 148 valence electrons. The van der Waals surface area contributed by atoms with E-state index in [1.807, 2.05) is 0 Å². The zero-order valence-electron chi connectivity index (χ0n) is 16.6. The van der Waals surface area contributed by atoms with Gasteiger partial charge >= 0.3 is 0 Å². The van der Waals surface area contributed by atoms with Gasteiger partial charge in [-0.05, 0) is 38.2 Å². The van der Waals surface area contributed by atoms with Gasteiger partial charge in [-0.2, -0.15) is 0 Å². The Morgan fingerprint density at radius 2 is 1.89 bits per heavy atom. The second-order valence-corrected chi connectivity index (χ2v) is 7.74. The molecule has 3 N–H and O–H groups in total. The highest BCUT2D eigenvalue weighted by molar-refractivity contribution is 5.81. The molecule has 2 unspecified atom stereocenters. The third-order valence-corrected chi connectivity index (χ3v) is 5.47. The molecule has 1 aliphatic carbocycles. The maximum absolute atomic E-state index is 11.6. The van der Waals surface area contributed by atoms with E-state index in [0.29, 0.717) is 25.2 Å². The number of piperidine rings is 1. The number of amides is 1. The lowest BCUT2D eigenvalue weighted by Crippen LogP contribution is -2.52. The van der Waals surface area contributed by atoms with Gasteiger partial charge in [-0.1, -0.05) is 30.3 Å². The van der Waals surface area contributed by atoms with Crippen molar-refractivity contribution in [2.24, 2.45) is 10.9 Å². The van der Waals surface area contributed by atoms with Crippen LogP contribution in [0.2, 0.25) is 0 Å². The first-order valence-electron chi connectivity index (χ1n) is 10.2. The van der Waals surface area contributed by atoms with E-state index in [9.17, 15) is 4.79 Å². The third-order valence-electron chi connectivity index (χ3n) is 5.47. The Labute approximate surface area is 162 Å². The highest BCUT2D eigenvalue weighted by Gasteiger charge is 2.29. The number of carbonyl (C=O) groups excluding carboxylic acids is 1. The third kappa shape index (κ3) is 6.24. The van der Waals surface area contributed by atoms with Gasteiger partial charge in [0, 0.05) is 51.2 Å². The molecule has 0 bridgehead atoms. The van der Waals surface area contributed by atoms with Crippen molar-refractivity contribution < 1.29 is 4.79 Å². The maximum Gasteiger partial charge on any atom is 0.223 e. The molecule has 27 heavy (non-hydrogen) atoms. The summed E-state index contributed by atoms with van der Waals surface area (Å²) in [5.74, 6) is 1.29. The Kier molecular flexibility index (Phi) is 7.10. The standard InChI is InChI=1S/C21H33N5O/c1-16-14-19(10-13-26(16)15-17-6-4-3-5-7-17)25-21(22-2)24-12-11-23-20(27)18-8-9-18/h3-7,16,18-19H,8-15H2,1-2H3,(H,23,27)(H2,22,24,25). The number of nitrogens with one attached hydrogen (secondary N) is 3. The number of guanidine groups is 1. The molecule has 1 aromatic carbocycles. The van der Waals surface area contributed by atoms with Gasteiger partial charge in [0.05, 0.1) is 0 Å². The van der Waals surface area contributed by atoms with Gasteiger partial charge in [-0.25, -0.2) is 0 Å². The van der Waals surface area contributed by atoms with Crippen LogP contribution in [0.25, 0.3) is 0 Å². The minimum atomic E-state index is 0.194. The SMILES string of the molecule is CN=C(NCCNC(=O)C1CC1)NC1CCN(Cc2ccccc2)C(C)C1. The van der Waals surface area contributed by atoms with E-state index in [-0.39, 0.29) is 11.8 Å². The quantitative estimate of drug-likeness (QED) is 0.388. The first-order chi connectivity index (χ1) is 13.2. The van der Waals surface area contributed by atoms with Gasteiger partial charge in [0.2, 0.25) is 5.91 Å². The normalized spacial score (nSPS) is 23.7. The smallest absolute Gasteiger partial charge is 0.223 e. The number of rotatable bonds is 7. The van der Waals surface area contributed by atoms with Gasteiger partial charge in [0.1, 0.15) is 0 Å². The van der Waals surface area contributed by atoms with Crippen LogP contribution in [-0.4, -0.2) is 55.5 Å². The van der Waals surface area contributed by atoms with Gasteiger partial charge < -0.3 is 16.0 Å².